The molecular weight excluding hydrogens is 254 g/mol. The van der Waals surface area contributed by atoms with Crippen LogP contribution in [0.25, 0.3) is 0 Å². The number of hydrogen-bond acceptors (Lipinski definition) is 6. The topological polar surface area (TPSA) is 111 Å². The number of hydrogen-bond donors (Lipinski definition) is 2. The number of carbonyl (C=O) groups excluding carboxylic acids is 2. The number of ketones is 1. The number of Topliss-reactive ketones (excluding diaryl/α,β-unsaturated/α-hetero) is 1. The summed E-state index contributed by atoms with van der Waals surface area (Å²) in [5.74, 6) is -0.536. The molecule has 2 rings (SSSR count). The molecule has 102 valence electrons. The Balaban J connectivity index is 2.24. The van der Waals surface area contributed by atoms with Gasteiger partial charge in [0.2, 0.25) is 5.91 Å². The molecule has 0 spiro atoms. The third kappa shape index (κ3) is 2.85. The fourth-order valence-corrected chi connectivity index (χ4v) is 1.80. The molecule has 0 saturated carbocycles. The first-order chi connectivity index (χ1) is 9.01. The van der Waals surface area contributed by atoms with Crippen molar-refractivity contribution in [3.05, 3.63) is 22.7 Å². The molecule has 1 fully saturated rings. The summed E-state index contributed by atoms with van der Waals surface area (Å²) in [6.07, 6.45) is -0.285. The fourth-order valence-electron chi connectivity index (χ4n) is 1.80. The number of aliphatic hydroxyl groups excluding tert-OH is 1. The molecule has 2 N–H and O–H groups in total. The average molecular weight is 267 g/mol. The lowest BCUT2D eigenvalue weighted by molar-refractivity contribution is -0.127. The van der Waals surface area contributed by atoms with E-state index < -0.39 is 18.0 Å². The highest BCUT2D eigenvalue weighted by molar-refractivity contribution is 5.87. The highest BCUT2D eigenvalue weighted by Crippen LogP contribution is 2.23. The molecule has 8 nitrogen and oxygen atoms in total. The Morgan fingerprint density at radius 2 is 2.37 bits per heavy atom. The lowest BCUT2D eigenvalue weighted by Gasteiger charge is -2.13. The lowest BCUT2D eigenvalue weighted by atomic mass is 10.2. The SMILES string of the molecule is CC(=O)Nc1ccn([C@@H]2O[C@H](CO)CC2=O)c(=O)n1. The number of nitrogens with one attached hydrogen (secondary N) is 1. The molecule has 19 heavy (non-hydrogen) atoms. The number of rotatable bonds is 3. The predicted octanol–water partition coefficient (Wildman–Crippen LogP) is -0.949. The third-order valence-electron chi connectivity index (χ3n) is 2.62. The molecule has 1 aliphatic heterocycles. The molecule has 0 aromatic carbocycles. The van der Waals surface area contributed by atoms with Gasteiger partial charge in [0, 0.05) is 19.5 Å². The van der Waals surface area contributed by atoms with Crippen LogP contribution >= 0.6 is 0 Å². The first-order valence-electron chi connectivity index (χ1n) is 5.67. The van der Waals surface area contributed by atoms with Crippen LogP contribution in [0.3, 0.4) is 0 Å². The van der Waals surface area contributed by atoms with E-state index in [1.54, 1.807) is 0 Å². The second kappa shape index (κ2) is 5.29. The Morgan fingerprint density at radius 3 is 2.89 bits per heavy atom. The van der Waals surface area contributed by atoms with Crippen molar-refractivity contribution in [2.45, 2.75) is 25.7 Å². The molecule has 0 bridgehead atoms. The Morgan fingerprint density at radius 1 is 1.63 bits per heavy atom. The van der Waals surface area contributed by atoms with Gasteiger partial charge in [-0.2, -0.15) is 4.98 Å². The van der Waals surface area contributed by atoms with E-state index in [2.05, 4.69) is 10.3 Å². The van der Waals surface area contributed by atoms with Gasteiger partial charge >= 0.3 is 5.69 Å². The number of amides is 1. The molecular formula is C11H13N3O5. The van der Waals surface area contributed by atoms with Crippen molar-refractivity contribution in [3.8, 4) is 0 Å². The molecule has 0 radical (unpaired) electrons. The van der Waals surface area contributed by atoms with Crippen LogP contribution in [0, 0.1) is 0 Å². The summed E-state index contributed by atoms with van der Waals surface area (Å²) >= 11 is 0. The fraction of sp³-hybridized carbons (Fsp3) is 0.455. The van der Waals surface area contributed by atoms with E-state index in [1.165, 1.54) is 19.2 Å². The second-order valence-corrected chi connectivity index (χ2v) is 4.15. The molecule has 2 atom stereocenters. The van der Waals surface area contributed by atoms with Crippen molar-refractivity contribution < 1.29 is 19.4 Å². The zero-order chi connectivity index (χ0) is 14.0. The number of aliphatic hydroxyl groups is 1. The van der Waals surface area contributed by atoms with E-state index in [4.69, 9.17) is 9.84 Å². The molecule has 0 aliphatic carbocycles. The molecule has 0 unspecified atom stereocenters. The number of aromatic nitrogens is 2. The summed E-state index contributed by atoms with van der Waals surface area (Å²) in [6.45, 7) is 1.01. The maximum atomic E-state index is 11.8. The maximum Gasteiger partial charge on any atom is 0.352 e. The molecule has 1 saturated heterocycles. The summed E-state index contributed by atoms with van der Waals surface area (Å²) in [7, 11) is 0. The first-order valence-corrected chi connectivity index (χ1v) is 5.67. The zero-order valence-corrected chi connectivity index (χ0v) is 10.2. The van der Waals surface area contributed by atoms with Gasteiger partial charge in [0.05, 0.1) is 12.7 Å². The van der Waals surface area contributed by atoms with Crippen molar-refractivity contribution in [1.82, 2.24) is 9.55 Å². The van der Waals surface area contributed by atoms with Crippen LogP contribution in [0.2, 0.25) is 0 Å². The van der Waals surface area contributed by atoms with Crippen LogP contribution in [0.15, 0.2) is 17.1 Å². The quantitative estimate of drug-likeness (QED) is 0.730. The molecule has 2 heterocycles. The highest BCUT2D eigenvalue weighted by atomic mass is 16.5. The summed E-state index contributed by atoms with van der Waals surface area (Å²) in [4.78, 5) is 37.9. The van der Waals surface area contributed by atoms with Gasteiger partial charge in [-0.1, -0.05) is 0 Å². The minimum atomic E-state index is -1.07. The van der Waals surface area contributed by atoms with Gasteiger partial charge in [0.25, 0.3) is 0 Å². The molecule has 1 aliphatic rings. The van der Waals surface area contributed by atoms with E-state index >= 15 is 0 Å². The van der Waals surface area contributed by atoms with Crippen molar-refractivity contribution in [2.24, 2.45) is 0 Å². The van der Waals surface area contributed by atoms with Crippen molar-refractivity contribution in [3.63, 3.8) is 0 Å². The summed E-state index contributed by atoms with van der Waals surface area (Å²) in [5.41, 5.74) is -0.705. The van der Waals surface area contributed by atoms with E-state index in [0.29, 0.717) is 0 Å². The van der Waals surface area contributed by atoms with Crippen molar-refractivity contribution in [1.29, 1.82) is 0 Å². The van der Waals surface area contributed by atoms with Gasteiger partial charge in [-0.3, -0.25) is 14.2 Å². The number of nitrogens with zero attached hydrogens (tertiary/aromatic N) is 2. The number of anilines is 1. The van der Waals surface area contributed by atoms with Crippen LogP contribution in [-0.2, 0) is 14.3 Å². The zero-order valence-electron chi connectivity index (χ0n) is 10.2. The Bertz CT molecular complexity index is 568. The first kappa shape index (κ1) is 13.4. The van der Waals surface area contributed by atoms with Crippen molar-refractivity contribution >= 4 is 17.5 Å². The minimum absolute atomic E-state index is 0.0566. The van der Waals surface area contributed by atoms with Crippen LogP contribution < -0.4 is 11.0 Å². The minimum Gasteiger partial charge on any atom is -0.394 e. The number of carbonyl (C=O) groups is 2. The predicted molar refractivity (Wildman–Crippen MR) is 63.4 cm³/mol. The van der Waals surface area contributed by atoms with Crippen LogP contribution in [0.4, 0.5) is 5.82 Å². The smallest absolute Gasteiger partial charge is 0.352 e. The van der Waals surface area contributed by atoms with Crippen molar-refractivity contribution in [2.75, 3.05) is 11.9 Å². The van der Waals surface area contributed by atoms with E-state index in [0.717, 1.165) is 4.57 Å². The summed E-state index contributed by atoms with van der Waals surface area (Å²) in [5, 5.41) is 11.3. The second-order valence-electron chi connectivity index (χ2n) is 4.15. The molecule has 8 heteroatoms. The van der Waals surface area contributed by atoms with Gasteiger partial charge in [0.1, 0.15) is 5.82 Å². The van der Waals surface area contributed by atoms with Crippen LogP contribution in [0.1, 0.15) is 19.6 Å². The Kier molecular flexibility index (Phi) is 3.72. The monoisotopic (exact) mass is 267 g/mol. The van der Waals surface area contributed by atoms with Gasteiger partial charge < -0.3 is 15.2 Å². The maximum absolute atomic E-state index is 11.8. The normalized spacial score (nSPS) is 22.5. The number of ether oxygens (including phenoxy) is 1. The van der Waals surface area contributed by atoms with Gasteiger partial charge in [0.15, 0.2) is 12.0 Å². The molecule has 1 aromatic rings. The standard InChI is InChI=1S/C11H13N3O5/c1-6(16)12-9-2-3-14(11(18)13-9)10-8(17)4-7(5-15)19-10/h2-3,7,10,15H,4-5H2,1H3,(H,12,13,16,18)/t7-,10+/m0/s1. The van der Waals surface area contributed by atoms with E-state index in [-0.39, 0.29) is 30.5 Å². The van der Waals surface area contributed by atoms with Gasteiger partial charge in [-0.25, -0.2) is 4.79 Å². The van der Waals surface area contributed by atoms with Gasteiger partial charge in [-0.15, -0.1) is 0 Å². The van der Waals surface area contributed by atoms with E-state index in [1.807, 2.05) is 0 Å². The van der Waals surface area contributed by atoms with E-state index in [9.17, 15) is 14.4 Å². The van der Waals surface area contributed by atoms with Crippen LogP contribution in [0.5, 0.6) is 0 Å². The Hall–Kier alpha value is -2.06. The summed E-state index contributed by atoms with van der Waals surface area (Å²) < 4.78 is 6.28. The largest absolute Gasteiger partial charge is 0.394 e. The molecule has 1 aromatic heterocycles. The highest BCUT2D eigenvalue weighted by Gasteiger charge is 2.34. The van der Waals surface area contributed by atoms with Gasteiger partial charge in [-0.05, 0) is 6.07 Å². The lowest BCUT2D eigenvalue weighted by Crippen LogP contribution is -2.30. The third-order valence-corrected chi connectivity index (χ3v) is 2.62. The summed E-state index contributed by atoms with van der Waals surface area (Å²) in [6, 6.07) is 1.39. The Labute approximate surface area is 108 Å². The van der Waals surface area contributed by atoms with Crippen LogP contribution in [-0.4, -0.2) is 39.1 Å². The average Bonchev–Trinajstić information content (AvgIpc) is 2.70. The molecule has 1 amide bonds.